The lowest BCUT2D eigenvalue weighted by atomic mass is 10.1. The van der Waals surface area contributed by atoms with Gasteiger partial charge in [0.2, 0.25) is 5.91 Å². The third-order valence-electron chi connectivity index (χ3n) is 3.65. The van der Waals surface area contributed by atoms with Gasteiger partial charge in [-0.25, -0.2) is 0 Å². The SMILES string of the molecule is CNC(C)C(=O)NC1C(=O)N(C)c2ccccc2N=C1C. The van der Waals surface area contributed by atoms with Gasteiger partial charge in [0.05, 0.1) is 17.4 Å². The van der Waals surface area contributed by atoms with Crippen LogP contribution >= 0.6 is 0 Å². The van der Waals surface area contributed by atoms with Gasteiger partial charge in [-0.15, -0.1) is 0 Å². The summed E-state index contributed by atoms with van der Waals surface area (Å²) < 4.78 is 0. The van der Waals surface area contributed by atoms with Crippen molar-refractivity contribution in [3.05, 3.63) is 24.3 Å². The largest absolute Gasteiger partial charge is 0.338 e. The lowest BCUT2D eigenvalue weighted by Crippen LogP contribution is -2.54. The molecule has 2 N–H and O–H groups in total. The molecule has 112 valence electrons. The van der Waals surface area contributed by atoms with Crippen molar-refractivity contribution in [3.63, 3.8) is 0 Å². The summed E-state index contributed by atoms with van der Waals surface area (Å²) in [4.78, 5) is 30.6. The number of para-hydroxylation sites is 2. The van der Waals surface area contributed by atoms with Crippen molar-refractivity contribution in [2.24, 2.45) is 4.99 Å². The number of benzene rings is 1. The van der Waals surface area contributed by atoms with Gasteiger partial charge in [0.25, 0.3) is 5.91 Å². The number of aliphatic imine (C=N–C) groups is 1. The molecule has 0 aliphatic carbocycles. The normalized spacial score (nSPS) is 19.4. The zero-order valence-electron chi connectivity index (χ0n) is 12.7. The van der Waals surface area contributed by atoms with Crippen molar-refractivity contribution in [2.75, 3.05) is 19.0 Å². The van der Waals surface area contributed by atoms with E-state index < -0.39 is 6.04 Å². The zero-order valence-corrected chi connectivity index (χ0v) is 12.7. The van der Waals surface area contributed by atoms with E-state index in [1.807, 2.05) is 24.3 Å². The summed E-state index contributed by atoms with van der Waals surface area (Å²) in [5.41, 5.74) is 2.04. The van der Waals surface area contributed by atoms with Gasteiger partial charge in [0, 0.05) is 12.8 Å². The second-order valence-electron chi connectivity index (χ2n) is 5.09. The van der Waals surface area contributed by atoms with Crippen molar-refractivity contribution in [2.45, 2.75) is 25.9 Å². The fourth-order valence-corrected chi connectivity index (χ4v) is 2.15. The number of rotatable bonds is 3. The molecule has 2 rings (SSSR count). The highest BCUT2D eigenvalue weighted by Crippen LogP contribution is 2.30. The standard InChI is InChI=1S/C15H20N4O2/c1-9-13(18-14(20)10(2)16-3)15(21)19(4)12-8-6-5-7-11(12)17-9/h5-8,10,13,16H,1-4H3,(H,18,20). The molecule has 6 heteroatoms. The van der Waals surface area contributed by atoms with E-state index in [1.165, 1.54) is 4.90 Å². The molecule has 0 bridgehead atoms. The molecule has 0 spiro atoms. The Labute approximate surface area is 124 Å². The van der Waals surface area contributed by atoms with Gasteiger partial charge in [-0.2, -0.15) is 0 Å². The number of carbonyl (C=O) groups excluding carboxylic acids is 2. The van der Waals surface area contributed by atoms with E-state index in [9.17, 15) is 9.59 Å². The molecule has 0 aromatic heterocycles. The van der Waals surface area contributed by atoms with Crippen molar-refractivity contribution in [1.82, 2.24) is 10.6 Å². The summed E-state index contributed by atoms with van der Waals surface area (Å²) in [7, 11) is 3.39. The van der Waals surface area contributed by atoms with Crippen molar-refractivity contribution in [1.29, 1.82) is 0 Å². The molecule has 1 heterocycles. The molecular formula is C15H20N4O2. The Kier molecular flexibility index (Phi) is 4.37. The molecule has 1 aromatic carbocycles. The number of fused-ring (bicyclic) bond motifs is 1. The fourth-order valence-electron chi connectivity index (χ4n) is 2.15. The van der Waals surface area contributed by atoms with Crippen molar-refractivity contribution in [3.8, 4) is 0 Å². The Bertz CT molecular complexity index is 597. The molecule has 2 atom stereocenters. The minimum Gasteiger partial charge on any atom is -0.338 e. The first-order valence-corrected chi connectivity index (χ1v) is 6.85. The minimum atomic E-state index is -0.745. The van der Waals surface area contributed by atoms with Crippen molar-refractivity contribution < 1.29 is 9.59 Å². The van der Waals surface area contributed by atoms with Gasteiger partial charge >= 0.3 is 0 Å². The Morgan fingerprint density at radius 2 is 2.05 bits per heavy atom. The minimum absolute atomic E-state index is 0.196. The summed E-state index contributed by atoms with van der Waals surface area (Å²) >= 11 is 0. The second-order valence-corrected chi connectivity index (χ2v) is 5.09. The summed E-state index contributed by atoms with van der Waals surface area (Å²) in [6.45, 7) is 3.49. The first-order valence-electron chi connectivity index (χ1n) is 6.85. The maximum atomic E-state index is 12.6. The molecule has 6 nitrogen and oxygen atoms in total. The highest BCUT2D eigenvalue weighted by atomic mass is 16.2. The molecule has 1 aromatic rings. The van der Waals surface area contributed by atoms with E-state index in [-0.39, 0.29) is 17.9 Å². The molecule has 0 radical (unpaired) electrons. The van der Waals surface area contributed by atoms with Crippen LogP contribution in [0.25, 0.3) is 0 Å². The molecule has 1 aliphatic heterocycles. The quantitative estimate of drug-likeness (QED) is 0.866. The number of carbonyl (C=O) groups is 2. The van der Waals surface area contributed by atoms with Crippen LogP contribution in [0.5, 0.6) is 0 Å². The first-order chi connectivity index (χ1) is 9.95. The van der Waals surface area contributed by atoms with Gasteiger partial charge in [0.1, 0.15) is 6.04 Å². The summed E-state index contributed by atoms with van der Waals surface area (Å²) in [5, 5.41) is 5.60. The van der Waals surface area contributed by atoms with Crippen LogP contribution in [0.15, 0.2) is 29.3 Å². The van der Waals surface area contributed by atoms with Crippen LogP contribution in [0.2, 0.25) is 0 Å². The zero-order chi connectivity index (χ0) is 15.6. The maximum Gasteiger partial charge on any atom is 0.255 e. The number of nitrogens with zero attached hydrogens (tertiary/aromatic N) is 2. The third kappa shape index (κ3) is 2.95. The van der Waals surface area contributed by atoms with Crippen LogP contribution in [0.1, 0.15) is 13.8 Å². The molecule has 1 aliphatic rings. The molecular weight excluding hydrogens is 268 g/mol. The molecule has 2 amide bonds. The third-order valence-corrected chi connectivity index (χ3v) is 3.65. The smallest absolute Gasteiger partial charge is 0.255 e. The first kappa shape index (κ1) is 15.2. The second kappa shape index (κ2) is 6.05. The van der Waals surface area contributed by atoms with E-state index in [4.69, 9.17) is 0 Å². The molecule has 2 unspecified atom stereocenters. The Morgan fingerprint density at radius 3 is 2.71 bits per heavy atom. The lowest BCUT2D eigenvalue weighted by molar-refractivity contribution is -0.127. The number of hydrogen-bond donors (Lipinski definition) is 2. The van der Waals surface area contributed by atoms with Crippen LogP contribution in [-0.2, 0) is 9.59 Å². The van der Waals surface area contributed by atoms with Gasteiger partial charge in [-0.1, -0.05) is 12.1 Å². The summed E-state index contributed by atoms with van der Waals surface area (Å²) in [6.07, 6.45) is 0. The van der Waals surface area contributed by atoms with Crippen LogP contribution in [0.3, 0.4) is 0 Å². The van der Waals surface area contributed by atoms with E-state index in [0.717, 1.165) is 11.4 Å². The Morgan fingerprint density at radius 1 is 1.38 bits per heavy atom. The number of likely N-dealkylation sites (N-methyl/N-ethyl adjacent to an activating group) is 2. The van der Waals surface area contributed by atoms with Gasteiger partial charge < -0.3 is 15.5 Å². The van der Waals surface area contributed by atoms with Crippen LogP contribution < -0.4 is 15.5 Å². The predicted molar refractivity (Wildman–Crippen MR) is 83.1 cm³/mol. The Balaban J connectivity index is 2.33. The average molecular weight is 288 g/mol. The van der Waals surface area contributed by atoms with Crippen LogP contribution in [-0.4, -0.2) is 43.7 Å². The summed E-state index contributed by atoms with van der Waals surface area (Å²) in [6, 6.07) is 6.30. The van der Waals surface area contributed by atoms with Crippen molar-refractivity contribution >= 4 is 28.9 Å². The molecule has 0 saturated carbocycles. The lowest BCUT2D eigenvalue weighted by Gasteiger charge is -2.23. The van der Waals surface area contributed by atoms with Crippen LogP contribution in [0.4, 0.5) is 11.4 Å². The molecule has 0 fully saturated rings. The molecule has 21 heavy (non-hydrogen) atoms. The van der Waals surface area contributed by atoms with Gasteiger partial charge in [-0.05, 0) is 33.0 Å². The number of nitrogens with one attached hydrogen (secondary N) is 2. The number of anilines is 1. The Hall–Kier alpha value is -2.21. The maximum absolute atomic E-state index is 12.6. The summed E-state index contributed by atoms with van der Waals surface area (Å²) in [5.74, 6) is -0.428. The van der Waals surface area contributed by atoms with E-state index >= 15 is 0 Å². The van der Waals surface area contributed by atoms with E-state index in [2.05, 4.69) is 15.6 Å². The highest BCUT2D eigenvalue weighted by molar-refractivity contribution is 6.17. The fraction of sp³-hybridized carbons (Fsp3) is 0.400. The van der Waals surface area contributed by atoms with E-state index in [1.54, 1.807) is 27.9 Å². The number of hydrogen-bond acceptors (Lipinski definition) is 4. The van der Waals surface area contributed by atoms with Gasteiger partial charge in [-0.3, -0.25) is 14.6 Å². The van der Waals surface area contributed by atoms with E-state index in [0.29, 0.717) is 5.71 Å². The topological polar surface area (TPSA) is 73.8 Å². The monoisotopic (exact) mass is 288 g/mol. The van der Waals surface area contributed by atoms with Gasteiger partial charge in [0.15, 0.2) is 0 Å². The predicted octanol–water partition coefficient (Wildman–Crippen LogP) is 0.848. The molecule has 0 saturated heterocycles. The van der Waals surface area contributed by atoms with Crippen LogP contribution in [0, 0.1) is 0 Å². The average Bonchev–Trinajstić information content (AvgIpc) is 2.57. The highest BCUT2D eigenvalue weighted by Gasteiger charge is 2.31. The number of amides is 2.